The Morgan fingerprint density at radius 2 is 1.79 bits per heavy atom. The topological polar surface area (TPSA) is 96.4 Å². The minimum Gasteiger partial charge on any atom is -0.279 e. The fourth-order valence-corrected chi connectivity index (χ4v) is 5.13. The van der Waals surface area contributed by atoms with E-state index >= 15 is 0 Å². The molecule has 1 N–H and O–H groups in total. The number of benzene rings is 1. The molecule has 0 bridgehead atoms. The molecule has 4 rings (SSSR count). The predicted octanol–water partition coefficient (Wildman–Crippen LogP) is 2.88. The number of aromatic nitrogens is 1. The fraction of sp³-hybridized carbons (Fsp3) is 0.0556. The summed E-state index contributed by atoms with van der Waals surface area (Å²) < 4.78 is 40.3. The number of halogens is 1. The molecule has 0 radical (unpaired) electrons. The van der Waals surface area contributed by atoms with Crippen LogP contribution in [0.2, 0.25) is 0 Å². The molecule has 0 saturated heterocycles. The molecular weight excluding hydrogens is 405 g/mol. The van der Waals surface area contributed by atoms with Gasteiger partial charge in [-0.3, -0.25) is 24.2 Å². The molecule has 142 valence electrons. The number of nitrogens with zero attached hydrogens (tertiary/aromatic N) is 2. The molecule has 3 heterocycles. The average molecular weight is 417 g/mol. The van der Waals surface area contributed by atoms with Crippen molar-refractivity contribution in [3.05, 3.63) is 76.7 Å². The van der Waals surface area contributed by atoms with Crippen LogP contribution in [0, 0.1) is 5.82 Å². The minimum atomic E-state index is -3.87. The van der Waals surface area contributed by atoms with Crippen LogP contribution in [-0.2, 0) is 16.6 Å². The van der Waals surface area contributed by atoms with Crippen molar-refractivity contribution < 1.29 is 22.4 Å². The Kier molecular flexibility index (Phi) is 4.44. The molecule has 0 saturated carbocycles. The fourth-order valence-electron chi connectivity index (χ4n) is 2.72. The predicted molar refractivity (Wildman–Crippen MR) is 100.0 cm³/mol. The highest BCUT2D eigenvalue weighted by Gasteiger charge is 2.36. The second kappa shape index (κ2) is 6.80. The van der Waals surface area contributed by atoms with Gasteiger partial charge in [0.1, 0.15) is 15.7 Å². The molecule has 0 atom stereocenters. The number of anilines is 1. The van der Waals surface area contributed by atoms with Gasteiger partial charge >= 0.3 is 0 Å². The van der Waals surface area contributed by atoms with E-state index in [4.69, 9.17) is 0 Å². The van der Waals surface area contributed by atoms with Gasteiger partial charge in [0.2, 0.25) is 0 Å². The summed E-state index contributed by atoms with van der Waals surface area (Å²) in [6.45, 7) is -0.0508. The van der Waals surface area contributed by atoms with Crippen LogP contribution >= 0.6 is 11.3 Å². The van der Waals surface area contributed by atoms with Crippen LogP contribution in [-0.4, -0.2) is 30.1 Å². The van der Waals surface area contributed by atoms with E-state index in [1.54, 1.807) is 12.1 Å². The normalized spacial score (nSPS) is 13.7. The molecule has 2 aromatic heterocycles. The summed E-state index contributed by atoms with van der Waals surface area (Å²) in [7, 11) is -3.87. The number of carbonyl (C=O) groups excluding carboxylic acids is 2. The maximum Gasteiger partial charge on any atom is 0.280 e. The first-order chi connectivity index (χ1) is 13.3. The lowest BCUT2D eigenvalue weighted by atomic mass is 10.2. The van der Waals surface area contributed by atoms with E-state index in [1.165, 1.54) is 30.5 Å². The van der Waals surface area contributed by atoms with Crippen molar-refractivity contribution in [1.29, 1.82) is 0 Å². The number of sulfonamides is 1. The highest BCUT2D eigenvalue weighted by atomic mass is 32.2. The molecule has 0 unspecified atom stereocenters. The number of pyridine rings is 1. The zero-order chi connectivity index (χ0) is 19.9. The number of carbonyl (C=O) groups is 2. The lowest BCUT2D eigenvalue weighted by molar-refractivity contribution is 0.0642. The van der Waals surface area contributed by atoms with Crippen LogP contribution in [0.5, 0.6) is 0 Å². The maximum atomic E-state index is 13.0. The van der Waals surface area contributed by atoms with E-state index in [9.17, 15) is 22.4 Å². The molecule has 10 heteroatoms. The van der Waals surface area contributed by atoms with Crippen molar-refractivity contribution in [3.63, 3.8) is 0 Å². The molecule has 28 heavy (non-hydrogen) atoms. The Bertz CT molecular complexity index is 1150. The van der Waals surface area contributed by atoms with Gasteiger partial charge in [0, 0.05) is 16.8 Å². The number of hydrogen-bond acceptors (Lipinski definition) is 6. The number of nitrogens with one attached hydrogen (secondary N) is 1. The van der Waals surface area contributed by atoms with E-state index < -0.39 is 27.7 Å². The van der Waals surface area contributed by atoms with Gasteiger partial charge in [-0.25, -0.2) is 12.8 Å². The van der Waals surface area contributed by atoms with Crippen LogP contribution in [0.1, 0.15) is 25.7 Å². The summed E-state index contributed by atoms with van der Waals surface area (Å²) in [5.41, 5.74) is 0.549. The number of imide groups is 1. The van der Waals surface area contributed by atoms with Gasteiger partial charge in [0.05, 0.1) is 12.1 Å². The van der Waals surface area contributed by atoms with Gasteiger partial charge in [-0.05, 0) is 48.5 Å². The minimum absolute atomic E-state index is 0.0153. The highest BCUT2D eigenvalue weighted by Crippen LogP contribution is 2.28. The Hall–Kier alpha value is -3.11. The van der Waals surface area contributed by atoms with Gasteiger partial charge in [-0.15, -0.1) is 11.3 Å². The molecule has 0 spiro atoms. The molecule has 3 aromatic rings. The summed E-state index contributed by atoms with van der Waals surface area (Å²) in [5.74, 6) is -1.45. The van der Waals surface area contributed by atoms with Crippen molar-refractivity contribution in [3.8, 4) is 0 Å². The zero-order valence-electron chi connectivity index (χ0n) is 14.1. The summed E-state index contributed by atoms with van der Waals surface area (Å²) >= 11 is 0.941. The third-order valence-electron chi connectivity index (χ3n) is 4.04. The number of fused-ring (bicyclic) bond motifs is 1. The van der Waals surface area contributed by atoms with Crippen LogP contribution in [0.3, 0.4) is 0 Å². The number of amides is 2. The third kappa shape index (κ3) is 3.27. The zero-order valence-corrected chi connectivity index (χ0v) is 15.8. The van der Waals surface area contributed by atoms with Crippen LogP contribution < -0.4 is 4.72 Å². The lowest BCUT2D eigenvalue weighted by Gasteiger charge is -2.11. The number of hydrogen-bond donors (Lipinski definition) is 1. The Labute approximate surface area is 163 Å². The van der Waals surface area contributed by atoms with E-state index in [-0.39, 0.29) is 27.7 Å². The Morgan fingerprint density at radius 3 is 2.50 bits per heavy atom. The second-order valence-electron chi connectivity index (χ2n) is 5.93. The van der Waals surface area contributed by atoms with Crippen molar-refractivity contribution in [2.24, 2.45) is 0 Å². The molecule has 1 aromatic carbocycles. The van der Waals surface area contributed by atoms with E-state index in [0.29, 0.717) is 4.88 Å². The Balaban J connectivity index is 1.53. The molecule has 0 fully saturated rings. The summed E-state index contributed by atoms with van der Waals surface area (Å²) in [4.78, 5) is 30.3. The van der Waals surface area contributed by atoms with Crippen molar-refractivity contribution in [1.82, 2.24) is 9.88 Å². The molecule has 1 aliphatic heterocycles. The van der Waals surface area contributed by atoms with E-state index in [0.717, 1.165) is 28.4 Å². The summed E-state index contributed by atoms with van der Waals surface area (Å²) in [5, 5.41) is 0. The summed E-state index contributed by atoms with van der Waals surface area (Å²) in [6, 6.07) is 11.0. The average Bonchev–Trinajstić information content (AvgIpc) is 3.24. The van der Waals surface area contributed by atoms with E-state index in [1.807, 2.05) is 0 Å². The lowest BCUT2D eigenvalue weighted by Crippen LogP contribution is -2.28. The molecule has 0 aliphatic carbocycles. The molecule has 7 nitrogen and oxygen atoms in total. The first kappa shape index (κ1) is 18.3. The first-order valence-corrected chi connectivity index (χ1v) is 10.3. The monoisotopic (exact) mass is 417 g/mol. The largest absolute Gasteiger partial charge is 0.280 e. The van der Waals surface area contributed by atoms with Crippen LogP contribution in [0.25, 0.3) is 0 Å². The standard InChI is InChI=1S/C18H12FN3O4S2/c19-11-3-5-12(6-4-11)21-28(25,26)15-8-7-13(27-15)10-22-17(23)14-2-1-9-20-16(14)18(22)24/h1-9,21H,10H2. The molecule has 1 aliphatic rings. The highest BCUT2D eigenvalue weighted by molar-refractivity contribution is 7.94. The second-order valence-corrected chi connectivity index (χ2v) is 9.01. The third-order valence-corrected chi connectivity index (χ3v) is 6.99. The van der Waals surface area contributed by atoms with Gasteiger partial charge in [0.15, 0.2) is 0 Å². The quantitative estimate of drug-likeness (QED) is 0.644. The number of rotatable bonds is 5. The van der Waals surface area contributed by atoms with Crippen molar-refractivity contribution in [2.75, 3.05) is 4.72 Å². The van der Waals surface area contributed by atoms with Crippen LogP contribution in [0.4, 0.5) is 10.1 Å². The van der Waals surface area contributed by atoms with Crippen molar-refractivity contribution >= 4 is 38.9 Å². The molecule has 2 amide bonds. The first-order valence-electron chi connectivity index (χ1n) is 8.03. The number of thiophene rings is 1. The van der Waals surface area contributed by atoms with Crippen LogP contribution in [0.15, 0.2) is 58.9 Å². The summed E-state index contributed by atoms with van der Waals surface area (Å²) in [6.07, 6.45) is 1.43. The van der Waals surface area contributed by atoms with Gasteiger partial charge in [-0.2, -0.15) is 0 Å². The van der Waals surface area contributed by atoms with Gasteiger partial charge in [-0.1, -0.05) is 0 Å². The van der Waals surface area contributed by atoms with Gasteiger partial charge < -0.3 is 0 Å². The van der Waals surface area contributed by atoms with Gasteiger partial charge in [0.25, 0.3) is 21.8 Å². The molecular formula is C18H12FN3O4S2. The Morgan fingerprint density at radius 1 is 1.04 bits per heavy atom. The van der Waals surface area contributed by atoms with Crippen molar-refractivity contribution in [2.45, 2.75) is 10.8 Å². The van der Waals surface area contributed by atoms with E-state index in [2.05, 4.69) is 9.71 Å². The maximum absolute atomic E-state index is 13.0. The smallest absolute Gasteiger partial charge is 0.279 e. The SMILES string of the molecule is O=C1c2cccnc2C(=O)N1Cc1ccc(S(=O)(=O)Nc2ccc(F)cc2)s1.